The number of nitrogens with zero attached hydrogens (tertiary/aromatic N) is 1. The smallest absolute Gasteiger partial charge is 0.268 e. The van der Waals surface area contributed by atoms with Crippen molar-refractivity contribution in [3.05, 3.63) is 97.2 Å². The minimum Gasteiger partial charge on any atom is -0.756 e. The fraction of sp³-hybridized carbons (Fsp3) is 0.660. The van der Waals surface area contributed by atoms with Crippen LogP contribution in [0.5, 0.6) is 0 Å². The average molecular weight is 843 g/mol. The lowest BCUT2D eigenvalue weighted by atomic mass is 10.0. The molecule has 0 spiro atoms. The number of hydrogen-bond donors (Lipinski definition) is 2. The van der Waals surface area contributed by atoms with Crippen molar-refractivity contribution in [2.24, 2.45) is 0 Å². The minimum atomic E-state index is -4.58. The van der Waals surface area contributed by atoms with Gasteiger partial charge in [0.25, 0.3) is 7.82 Å². The number of carbonyl (C=O) groups is 1. The van der Waals surface area contributed by atoms with Crippen molar-refractivity contribution in [3.63, 3.8) is 0 Å². The molecule has 9 heteroatoms. The summed E-state index contributed by atoms with van der Waals surface area (Å²) in [5.41, 5.74) is 0. The Bertz CT molecular complexity index is 1280. The van der Waals surface area contributed by atoms with Crippen molar-refractivity contribution < 1.29 is 32.9 Å². The molecular weight excluding hydrogens is 756 g/mol. The number of quaternary nitrogens is 1. The largest absolute Gasteiger partial charge is 0.756 e. The maximum atomic E-state index is 12.8. The van der Waals surface area contributed by atoms with Crippen LogP contribution in [0.1, 0.15) is 162 Å². The zero-order valence-corrected chi connectivity index (χ0v) is 39.1. The summed E-state index contributed by atoms with van der Waals surface area (Å²) in [6, 6.07) is -0.829. The summed E-state index contributed by atoms with van der Waals surface area (Å²) in [6.45, 7) is 4.52. The predicted octanol–water partition coefficient (Wildman–Crippen LogP) is 12.5. The highest BCUT2D eigenvalue weighted by atomic mass is 31.2. The summed E-state index contributed by atoms with van der Waals surface area (Å²) in [7, 11) is 1.25. The molecule has 0 aromatic carbocycles. The van der Waals surface area contributed by atoms with Gasteiger partial charge < -0.3 is 28.8 Å². The van der Waals surface area contributed by atoms with E-state index in [1.807, 2.05) is 21.1 Å². The highest BCUT2D eigenvalue weighted by Gasteiger charge is 2.24. The summed E-state index contributed by atoms with van der Waals surface area (Å²) < 4.78 is 23.2. The van der Waals surface area contributed by atoms with E-state index in [-0.39, 0.29) is 19.1 Å². The first-order valence-corrected chi connectivity index (χ1v) is 24.5. The highest BCUT2D eigenvalue weighted by Crippen LogP contribution is 2.38. The van der Waals surface area contributed by atoms with Crippen molar-refractivity contribution in [2.75, 3.05) is 40.9 Å². The summed E-state index contributed by atoms with van der Waals surface area (Å²) in [4.78, 5) is 25.3. The zero-order chi connectivity index (χ0) is 43.6. The fourth-order valence-electron chi connectivity index (χ4n) is 5.93. The summed E-state index contributed by atoms with van der Waals surface area (Å²) in [5.74, 6) is -0.214. The van der Waals surface area contributed by atoms with Crippen LogP contribution in [0.3, 0.4) is 0 Å². The molecule has 0 fully saturated rings. The first-order valence-electron chi connectivity index (χ1n) is 23.1. The Morgan fingerprint density at radius 1 is 0.610 bits per heavy atom. The van der Waals surface area contributed by atoms with Crippen molar-refractivity contribution in [3.8, 4) is 0 Å². The Kier molecular flexibility index (Phi) is 39.0. The Morgan fingerprint density at radius 2 is 1.03 bits per heavy atom. The van der Waals surface area contributed by atoms with Crippen LogP contribution in [0.4, 0.5) is 0 Å². The van der Waals surface area contributed by atoms with Crippen LogP contribution in [0.25, 0.3) is 0 Å². The number of carbonyl (C=O) groups excluding carboxylic acids is 1. The minimum absolute atomic E-state index is 0.00246. The molecule has 3 unspecified atom stereocenters. The van der Waals surface area contributed by atoms with E-state index in [0.717, 1.165) is 83.5 Å². The van der Waals surface area contributed by atoms with Gasteiger partial charge in [-0.05, 0) is 77.0 Å². The Hall–Kier alpha value is -2.58. The number of hydrogen-bond acceptors (Lipinski definition) is 6. The van der Waals surface area contributed by atoms with E-state index < -0.39 is 20.0 Å². The number of likely N-dealkylation sites (N-methyl/N-ethyl adjacent to an activating group) is 1. The van der Waals surface area contributed by atoms with Crippen LogP contribution < -0.4 is 10.2 Å². The van der Waals surface area contributed by atoms with Crippen molar-refractivity contribution in [1.29, 1.82) is 0 Å². The Balaban J connectivity index is 4.36. The second-order valence-corrected chi connectivity index (χ2v) is 17.8. The van der Waals surface area contributed by atoms with Crippen molar-refractivity contribution in [2.45, 2.75) is 174 Å². The van der Waals surface area contributed by atoms with Gasteiger partial charge in [0.1, 0.15) is 13.2 Å². The van der Waals surface area contributed by atoms with Crippen LogP contribution in [0.2, 0.25) is 0 Å². The lowest BCUT2D eigenvalue weighted by molar-refractivity contribution is -0.870. The van der Waals surface area contributed by atoms with E-state index >= 15 is 0 Å². The van der Waals surface area contributed by atoms with E-state index in [9.17, 15) is 19.4 Å². The topological polar surface area (TPSA) is 108 Å². The number of rotatable bonds is 40. The molecule has 0 aromatic heterocycles. The van der Waals surface area contributed by atoms with Gasteiger partial charge in [-0.15, -0.1) is 0 Å². The molecule has 0 aliphatic heterocycles. The first kappa shape index (κ1) is 56.4. The molecule has 0 saturated carbocycles. The van der Waals surface area contributed by atoms with Gasteiger partial charge in [-0.3, -0.25) is 9.36 Å². The summed E-state index contributed by atoms with van der Waals surface area (Å²) >= 11 is 0. The molecule has 0 aromatic rings. The Morgan fingerprint density at radius 3 is 1.47 bits per heavy atom. The van der Waals surface area contributed by atoms with E-state index in [2.05, 4.69) is 116 Å². The molecule has 0 saturated heterocycles. The molecule has 0 radical (unpaired) electrons. The third kappa shape index (κ3) is 43.3. The lowest BCUT2D eigenvalue weighted by Crippen LogP contribution is -2.46. The normalized spacial score (nSPS) is 15.2. The average Bonchev–Trinajstić information content (AvgIpc) is 3.19. The zero-order valence-electron chi connectivity index (χ0n) is 38.2. The maximum absolute atomic E-state index is 12.8. The SMILES string of the molecule is CC/C=C\C/C=C\C/C=C\C/C=C\C/C=C\C/C=C\C/C=C\C/C=C\CCCCC(=O)NC(COP(=O)([O-])OCC[N+](C)(C)C)C(O)CCCCCCCCCCCC. The van der Waals surface area contributed by atoms with Crippen LogP contribution in [-0.4, -0.2) is 68.5 Å². The van der Waals surface area contributed by atoms with E-state index in [1.54, 1.807) is 0 Å². The standard InChI is InChI=1S/C50H87N2O6P/c1-6-8-10-12-14-16-18-19-20-21-22-23-24-25-26-27-28-29-30-31-32-33-34-36-38-40-42-44-50(54)51-48(47-58-59(55,56)57-46-45-52(3,4)5)49(53)43-41-39-37-35-17-15-13-11-9-7-2/h8,10,14,16,19-20,22-23,25-26,28-29,31-32,34,36,48-49,53H,6-7,9,11-13,15,17-18,21,24,27,30,33,35,37-47H2,1-5H3,(H-,51,54,55,56)/b10-8-,16-14-,20-19-,23-22-,26-25-,29-28-,32-31-,36-34-. The van der Waals surface area contributed by atoms with Gasteiger partial charge in [0, 0.05) is 6.42 Å². The molecular formula is C50H87N2O6P. The monoisotopic (exact) mass is 843 g/mol. The molecule has 0 aliphatic rings. The van der Waals surface area contributed by atoms with Crippen LogP contribution in [-0.2, 0) is 18.4 Å². The molecule has 0 bridgehead atoms. The number of amides is 1. The third-order valence-corrected chi connectivity index (χ3v) is 10.6. The number of phosphoric ester groups is 1. The van der Waals surface area contributed by atoms with Gasteiger partial charge in [0.15, 0.2) is 0 Å². The number of aliphatic hydroxyl groups excluding tert-OH is 1. The number of allylic oxidation sites excluding steroid dienone is 16. The molecule has 1 amide bonds. The molecule has 3 atom stereocenters. The van der Waals surface area contributed by atoms with Gasteiger partial charge in [-0.1, -0.05) is 175 Å². The van der Waals surface area contributed by atoms with Crippen molar-refractivity contribution >= 4 is 13.7 Å². The van der Waals surface area contributed by atoms with Gasteiger partial charge in [0.2, 0.25) is 5.91 Å². The molecule has 338 valence electrons. The summed E-state index contributed by atoms with van der Waals surface area (Å²) in [5, 5.41) is 13.8. The fourth-order valence-corrected chi connectivity index (χ4v) is 6.66. The highest BCUT2D eigenvalue weighted by molar-refractivity contribution is 7.45. The summed E-state index contributed by atoms with van der Waals surface area (Å²) in [6.07, 6.45) is 57.1. The molecule has 8 nitrogen and oxygen atoms in total. The maximum Gasteiger partial charge on any atom is 0.268 e. The second-order valence-electron chi connectivity index (χ2n) is 16.4. The Labute approximate surface area is 362 Å². The van der Waals surface area contributed by atoms with Gasteiger partial charge in [-0.25, -0.2) is 0 Å². The van der Waals surface area contributed by atoms with E-state index in [0.29, 0.717) is 30.3 Å². The van der Waals surface area contributed by atoms with E-state index in [4.69, 9.17) is 9.05 Å². The molecule has 0 rings (SSSR count). The lowest BCUT2D eigenvalue weighted by Gasteiger charge is -2.30. The van der Waals surface area contributed by atoms with Gasteiger partial charge in [-0.2, -0.15) is 0 Å². The number of nitrogens with one attached hydrogen (secondary N) is 1. The first-order chi connectivity index (χ1) is 28.5. The van der Waals surface area contributed by atoms with E-state index in [1.165, 1.54) is 44.9 Å². The molecule has 0 aliphatic carbocycles. The number of unbranched alkanes of at least 4 members (excludes halogenated alkanes) is 11. The van der Waals surface area contributed by atoms with Gasteiger partial charge >= 0.3 is 0 Å². The number of phosphoric acid groups is 1. The van der Waals surface area contributed by atoms with Crippen LogP contribution in [0, 0.1) is 0 Å². The van der Waals surface area contributed by atoms with Crippen LogP contribution in [0.15, 0.2) is 97.2 Å². The van der Waals surface area contributed by atoms with Crippen molar-refractivity contribution in [1.82, 2.24) is 5.32 Å². The third-order valence-electron chi connectivity index (χ3n) is 9.59. The molecule has 0 heterocycles. The second kappa shape index (κ2) is 40.8. The van der Waals surface area contributed by atoms with Gasteiger partial charge in [0.05, 0.1) is 39.9 Å². The molecule has 2 N–H and O–H groups in total. The van der Waals surface area contributed by atoms with Crippen LogP contribution >= 0.6 is 7.82 Å². The predicted molar refractivity (Wildman–Crippen MR) is 251 cm³/mol. The molecule has 59 heavy (non-hydrogen) atoms. The number of aliphatic hydroxyl groups is 1. The quantitative estimate of drug-likeness (QED) is 0.0275.